The van der Waals surface area contributed by atoms with Gasteiger partial charge < -0.3 is 9.47 Å². The number of ether oxygens (including phenoxy) is 2. The summed E-state index contributed by atoms with van der Waals surface area (Å²) >= 11 is 0. The van der Waals surface area contributed by atoms with Crippen molar-refractivity contribution in [1.29, 1.82) is 0 Å². The lowest BCUT2D eigenvalue weighted by molar-refractivity contribution is -0.0729. The third-order valence-corrected chi connectivity index (χ3v) is 3.27. The summed E-state index contributed by atoms with van der Waals surface area (Å²) in [6.45, 7) is 10.1. The Bertz CT molecular complexity index is 359. The van der Waals surface area contributed by atoms with Crippen LogP contribution in [0.15, 0.2) is 30.3 Å². The quantitative estimate of drug-likeness (QED) is 0.822. The molecule has 0 saturated carbocycles. The zero-order chi connectivity index (χ0) is 13.0. The van der Waals surface area contributed by atoms with E-state index in [2.05, 4.69) is 25.7 Å². The molecule has 1 unspecified atom stereocenters. The molecule has 3 nitrogen and oxygen atoms in total. The molecule has 1 heterocycles. The number of rotatable bonds is 3. The largest absolute Gasteiger partial charge is 0.491 e. The van der Waals surface area contributed by atoms with Gasteiger partial charge in [0.05, 0.1) is 6.61 Å². The van der Waals surface area contributed by atoms with Crippen LogP contribution in [0.1, 0.15) is 20.8 Å². The van der Waals surface area contributed by atoms with Crippen LogP contribution in [0.25, 0.3) is 0 Å². The van der Waals surface area contributed by atoms with Crippen molar-refractivity contribution >= 4 is 0 Å². The van der Waals surface area contributed by atoms with Gasteiger partial charge in [0.15, 0.2) is 0 Å². The van der Waals surface area contributed by atoms with Crippen molar-refractivity contribution in [2.45, 2.75) is 32.4 Å². The number of morpholine rings is 1. The van der Waals surface area contributed by atoms with Crippen molar-refractivity contribution in [2.75, 3.05) is 26.3 Å². The fraction of sp³-hybridized carbons (Fsp3) is 0.600. The standard InChI is InChI=1S/C15H23NO2/c1-15(2,3)16-9-10-17-14(11-16)12-18-13-7-5-4-6-8-13/h4-8,14H,9-12H2,1-3H3. The van der Waals surface area contributed by atoms with Crippen molar-refractivity contribution in [3.05, 3.63) is 30.3 Å². The van der Waals surface area contributed by atoms with Crippen LogP contribution < -0.4 is 4.74 Å². The van der Waals surface area contributed by atoms with Crippen LogP contribution in [0.3, 0.4) is 0 Å². The molecule has 0 N–H and O–H groups in total. The maximum Gasteiger partial charge on any atom is 0.119 e. The van der Waals surface area contributed by atoms with E-state index in [1.165, 1.54) is 0 Å². The highest BCUT2D eigenvalue weighted by Gasteiger charge is 2.28. The molecule has 0 aromatic heterocycles. The van der Waals surface area contributed by atoms with Crippen LogP contribution in [0, 0.1) is 0 Å². The van der Waals surface area contributed by atoms with E-state index in [0.717, 1.165) is 25.4 Å². The fourth-order valence-corrected chi connectivity index (χ4v) is 2.14. The lowest BCUT2D eigenvalue weighted by Gasteiger charge is -2.41. The molecule has 3 heteroatoms. The second-order valence-corrected chi connectivity index (χ2v) is 5.73. The average Bonchev–Trinajstić information content (AvgIpc) is 2.37. The molecule has 1 fully saturated rings. The normalized spacial score (nSPS) is 21.8. The molecular weight excluding hydrogens is 226 g/mol. The summed E-state index contributed by atoms with van der Waals surface area (Å²) in [5.41, 5.74) is 0.203. The molecule has 1 atom stereocenters. The number of hydrogen-bond donors (Lipinski definition) is 0. The molecule has 0 bridgehead atoms. The van der Waals surface area contributed by atoms with Crippen LogP contribution in [-0.4, -0.2) is 42.8 Å². The predicted molar refractivity (Wildman–Crippen MR) is 73.0 cm³/mol. The molecule has 2 rings (SSSR count). The summed E-state index contributed by atoms with van der Waals surface area (Å²) in [5, 5.41) is 0. The number of benzene rings is 1. The molecule has 18 heavy (non-hydrogen) atoms. The highest BCUT2D eigenvalue weighted by Crippen LogP contribution is 2.18. The van der Waals surface area contributed by atoms with Gasteiger partial charge in [-0.05, 0) is 32.9 Å². The Morgan fingerprint density at radius 2 is 2.00 bits per heavy atom. The first-order chi connectivity index (χ1) is 8.55. The summed E-state index contributed by atoms with van der Waals surface area (Å²) in [6.07, 6.45) is 0.165. The molecule has 1 saturated heterocycles. The van der Waals surface area contributed by atoms with E-state index in [9.17, 15) is 0 Å². The second-order valence-electron chi connectivity index (χ2n) is 5.73. The zero-order valence-electron chi connectivity index (χ0n) is 11.6. The Balaban J connectivity index is 1.83. The fourth-order valence-electron chi connectivity index (χ4n) is 2.14. The van der Waals surface area contributed by atoms with Crippen LogP contribution in [0.5, 0.6) is 5.75 Å². The lowest BCUT2D eigenvalue weighted by Crippen LogP contribution is -2.52. The zero-order valence-corrected chi connectivity index (χ0v) is 11.6. The Hall–Kier alpha value is -1.06. The predicted octanol–water partition coefficient (Wildman–Crippen LogP) is 2.56. The summed E-state index contributed by atoms with van der Waals surface area (Å²) in [4.78, 5) is 2.45. The van der Waals surface area contributed by atoms with Gasteiger partial charge in [-0.15, -0.1) is 0 Å². The average molecular weight is 249 g/mol. The third-order valence-electron chi connectivity index (χ3n) is 3.27. The molecule has 1 aliphatic heterocycles. The number of nitrogens with zero attached hydrogens (tertiary/aromatic N) is 1. The summed E-state index contributed by atoms with van der Waals surface area (Å²) in [6, 6.07) is 9.91. The Labute approximate surface area is 110 Å². The van der Waals surface area contributed by atoms with Gasteiger partial charge in [-0.1, -0.05) is 18.2 Å². The van der Waals surface area contributed by atoms with Crippen LogP contribution >= 0.6 is 0 Å². The SMILES string of the molecule is CC(C)(C)N1CCOC(COc2ccccc2)C1. The topological polar surface area (TPSA) is 21.7 Å². The van der Waals surface area contributed by atoms with Crippen LogP contribution in [0.4, 0.5) is 0 Å². The van der Waals surface area contributed by atoms with Gasteiger partial charge in [0.25, 0.3) is 0 Å². The molecular formula is C15H23NO2. The van der Waals surface area contributed by atoms with E-state index in [1.54, 1.807) is 0 Å². The smallest absolute Gasteiger partial charge is 0.119 e. The monoisotopic (exact) mass is 249 g/mol. The highest BCUT2D eigenvalue weighted by atomic mass is 16.5. The van der Waals surface area contributed by atoms with Gasteiger partial charge in [0.1, 0.15) is 18.5 Å². The highest BCUT2D eigenvalue weighted by molar-refractivity contribution is 5.20. The van der Waals surface area contributed by atoms with Crippen LogP contribution in [0.2, 0.25) is 0 Å². The molecule has 0 aliphatic carbocycles. The maximum absolute atomic E-state index is 5.76. The second kappa shape index (κ2) is 5.72. The van der Waals surface area contributed by atoms with E-state index in [1.807, 2.05) is 30.3 Å². The third kappa shape index (κ3) is 3.72. The van der Waals surface area contributed by atoms with Gasteiger partial charge in [0.2, 0.25) is 0 Å². The van der Waals surface area contributed by atoms with Gasteiger partial charge in [-0.3, -0.25) is 4.90 Å². The number of para-hydroxylation sites is 1. The maximum atomic E-state index is 5.76. The van der Waals surface area contributed by atoms with Gasteiger partial charge >= 0.3 is 0 Å². The van der Waals surface area contributed by atoms with Gasteiger partial charge in [-0.25, -0.2) is 0 Å². The van der Waals surface area contributed by atoms with Crippen molar-refractivity contribution in [1.82, 2.24) is 4.90 Å². The Kier molecular flexibility index (Phi) is 4.25. The summed E-state index contributed by atoms with van der Waals surface area (Å²) in [7, 11) is 0. The van der Waals surface area contributed by atoms with E-state index in [-0.39, 0.29) is 11.6 Å². The lowest BCUT2D eigenvalue weighted by atomic mass is 10.0. The van der Waals surface area contributed by atoms with Crippen LogP contribution in [-0.2, 0) is 4.74 Å². The van der Waals surface area contributed by atoms with Crippen molar-refractivity contribution in [2.24, 2.45) is 0 Å². The molecule has 1 aliphatic rings. The first-order valence-corrected chi connectivity index (χ1v) is 6.60. The van der Waals surface area contributed by atoms with Crippen molar-refractivity contribution < 1.29 is 9.47 Å². The van der Waals surface area contributed by atoms with Gasteiger partial charge in [0, 0.05) is 18.6 Å². The number of hydrogen-bond acceptors (Lipinski definition) is 3. The molecule has 0 radical (unpaired) electrons. The van der Waals surface area contributed by atoms with E-state index < -0.39 is 0 Å². The minimum atomic E-state index is 0.165. The molecule has 1 aromatic rings. The summed E-state index contributed by atoms with van der Waals surface area (Å²) in [5.74, 6) is 0.911. The van der Waals surface area contributed by atoms with E-state index in [0.29, 0.717) is 6.61 Å². The Morgan fingerprint density at radius 1 is 1.28 bits per heavy atom. The molecule has 100 valence electrons. The van der Waals surface area contributed by atoms with E-state index in [4.69, 9.17) is 9.47 Å². The molecule has 1 aromatic carbocycles. The van der Waals surface area contributed by atoms with E-state index >= 15 is 0 Å². The van der Waals surface area contributed by atoms with Crippen molar-refractivity contribution in [3.63, 3.8) is 0 Å². The first-order valence-electron chi connectivity index (χ1n) is 6.60. The minimum Gasteiger partial charge on any atom is -0.491 e. The van der Waals surface area contributed by atoms with Gasteiger partial charge in [-0.2, -0.15) is 0 Å². The summed E-state index contributed by atoms with van der Waals surface area (Å²) < 4.78 is 11.5. The minimum absolute atomic E-state index is 0.165. The first kappa shape index (κ1) is 13.4. The molecule has 0 amide bonds. The molecule has 0 spiro atoms. The Morgan fingerprint density at radius 3 is 2.67 bits per heavy atom. The van der Waals surface area contributed by atoms with Crippen molar-refractivity contribution in [3.8, 4) is 5.75 Å².